The third kappa shape index (κ3) is 2.94. The highest BCUT2D eigenvalue weighted by Gasteiger charge is 2.07. The zero-order valence-electron chi connectivity index (χ0n) is 13.5. The fourth-order valence-corrected chi connectivity index (χ4v) is 2.66. The molecule has 24 heavy (non-hydrogen) atoms. The number of nitrogen functional groups attached to an aromatic ring is 1. The molecule has 2 aromatic carbocycles. The van der Waals surface area contributed by atoms with E-state index >= 15 is 0 Å². The molecule has 122 valence electrons. The summed E-state index contributed by atoms with van der Waals surface area (Å²) in [6.07, 6.45) is 3.83. The lowest BCUT2D eigenvalue weighted by Crippen LogP contribution is -1.86. The number of rotatable bonds is 1. The van der Waals surface area contributed by atoms with Crippen molar-refractivity contribution in [3.63, 3.8) is 0 Å². The molecule has 6 heteroatoms. The van der Waals surface area contributed by atoms with Gasteiger partial charge in [-0.25, -0.2) is 0 Å². The van der Waals surface area contributed by atoms with Gasteiger partial charge in [0, 0.05) is 46.5 Å². The van der Waals surface area contributed by atoms with Gasteiger partial charge in [-0.2, -0.15) is 0 Å². The second-order valence-electron chi connectivity index (χ2n) is 5.74. The highest BCUT2D eigenvalue weighted by Crippen LogP contribution is 2.22. The molecule has 2 aromatic heterocycles. The number of anilines is 1. The summed E-state index contributed by atoms with van der Waals surface area (Å²) in [7, 11) is 0. The van der Waals surface area contributed by atoms with Gasteiger partial charge in [-0.3, -0.25) is 10.1 Å². The number of non-ortho nitro benzene ring substituents is 1. The maximum Gasteiger partial charge on any atom is 0.271 e. The highest BCUT2D eigenvalue weighted by atomic mass is 16.6. The normalized spacial score (nSPS) is 10.6. The molecule has 0 amide bonds. The SMILES string of the molecule is Cc1c[nH]c2cc(N)ccc12.Cc1c[nH]c2cc([N+](=O)[O-])ccc12. The number of benzene rings is 2. The molecule has 0 saturated carbocycles. The number of aromatic nitrogens is 2. The molecule has 4 aromatic rings. The molecule has 0 unspecified atom stereocenters. The van der Waals surface area contributed by atoms with E-state index in [-0.39, 0.29) is 5.69 Å². The van der Waals surface area contributed by atoms with Gasteiger partial charge in [0.15, 0.2) is 0 Å². The van der Waals surface area contributed by atoms with Gasteiger partial charge in [0.2, 0.25) is 0 Å². The van der Waals surface area contributed by atoms with Crippen molar-refractivity contribution >= 4 is 33.2 Å². The second-order valence-corrected chi connectivity index (χ2v) is 5.74. The molecule has 0 aliphatic heterocycles. The lowest BCUT2D eigenvalue weighted by Gasteiger charge is -1.92. The van der Waals surface area contributed by atoms with E-state index in [4.69, 9.17) is 5.73 Å². The molecule has 0 bridgehead atoms. The number of fused-ring (bicyclic) bond motifs is 2. The van der Waals surface area contributed by atoms with E-state index in [9.17, 15) is 10.1 Å². The minimum Gasteiger partial charge on any atom is -0.399 e. The zero-order chi connectivity index (χ0) is 17.3. The molecule has 0 radical (unpaired) electrons. The van der Waals surface area contributed by atoms with Gasteiger partial charge in [-0.15, -0.1) is 0 Å². The average Bonchev–Trinajstić information content (AvgIpc) is 3.11. The summed E-state index contributed by atoms with van der Waals surface area (Å²) in [6.45, 7) is 4.04. The summed E-state index contributed by atoms with van der Waals surface area (Å²) in [6, 6.07) is 10.7. The summed E-state index contributed by atoms with van der Waals surface area (Å²) < 4.78 is 0. The molecular weight excluding hydrogens is 304 g/mol. The maximum absolute atomic E-state index is 10.4. The van der Waals surface area contributed by atoms with Gasteiger partial charge in [-0.05, 0) is 43.2 Å². The van der Waals surface area contributed by atoms with E-state index in [1.807, 2.05) is 37.5 Å². The second kappa shape index (κ2) is 6.08. The number of hydrogen-bond donors (Lipinski definition) is 3. The third-order valence-electron chi connectivity index (χ3n) is 4.00. The van der Waals surface area contributed by atoms with Crippen LogP contribution >= 0.6 is 0 Å². The van der Waals surface area contributed by atoms with Crippen molar-refractivity contribution in [3.8, 4) is 0 Å². The Morgan fingerprint density at radius 2 is 1.46 bits per heavy atom. The molecule has 0 spiro atoms. The monoisotopic (exact) mass is 322 g/mol. The third-order valence-corrected chi connectivity index (χ3v) is 4.00. The first-order chi connectivity index (χ1) is 11.5. The van der Waals surface area contributed by atoms with Crippen LogP contribution in [0.1, 0.15) is 11.1 Å². The number of nitrogens with two attached hydrogens (primary N) is 1. The van der Waals surface area contributed by atoms with Gasteiger partial charge < -0.3 is 15.7 Å². The zero-order valence-corrected chi connectivity index (χ0v) is 13.5. The van der Waals surface area contributed by atoms with Crippen molar-refractivity contribution in [1.29, 1.82) is 0 Å². The first-order valence-corrected chi connectivity index (χ1v) is 7.51. The van der Waals surface area contributed by atoms with Crippen LogP contribution in [0, 0.1) is 24.0 Å². The molecule has 0 aliphatic rings. The van der Waals surface area contributed by atoms with E-state index < -0.39 is 4.92 Å². The van der Waals surface area contributed by atoms with Crippen LogP contribution in [0.15, 0.2) is 48.8 Å². The minimum absolute atomic E-state index is 0.120. The number of aryl methyl sites for hydroxylation is 2. The number of H-pyrrole nitrogens is 2. The first-order valence-electron chi connectivity index (χ1n) is 7.51. The lowest BCUT2D eigenvalue weighted by atomic mass is 10.2. The fourth-order valence-electron chi connectivity index (χ4n) is 2.66. The van der Waals surface area contributed by atoms with Crippen molar-refractivity contribution in [2.24, 2.45) is 0 Å². The van der Waals surface area contributed by atoms with Gasteiger partial charge in [0.25, 0.3) is 5.69 Å². The number of nitrogens with zero attached hydrogens (tertiary/aromatic N) is 1. The Labute approximate surface area is 138 Å². The molecule has 2 heterocycles. The Balaban J connectivity index is 0.000000143. The van der Waals surface area contributed by atoms with Crippen LogP contribution < -0.4 is 5.73 Å². The van der Waals surface area contributed by atoms with Crippen LogP contribution in [0.25, 0.3) is 21.8 Å². The van der Waals surface area contributed by atoms with E-state index in [0.717, 1.165) is 27.7 Å². The number of nitro benzene ring substituents is 1. The van der Waals surface area contributed by atoms with Gasteiger partial charge in [0.05, 0.1) is 10.4 Å². The summed E-state index contributed by atoms with van der Waals surface area (Å²) in [4.78, 5) is 16.2. The van der Waals surface area contributed by atoms with E-state index in [2.05, 4.69) is 16.9 Å². The Morgan fingerprint density at radius 1 is 0.917 bits per heavy atom. The molecule has 0 aliphatic carbocycles. The Bertz CT molecular complexity index is 1030. The summed E-state index contributed by atoms with van der Waals surface area (Å²) in [5.41, 5.74) is 10.8. The number of hydrogen-bond acceptors (Lipinski definition) is 3. The number of nitrogens with one attached hydrogen (secondary N) is 2. The first kappa shape index (κ1) is 15.6. The minimum atomic E-state index is -0.393. The average molecular weight is 322 g/mol. The fraction of sp³-hybridized carbons (Fsp3) is 0.111. The van der Waals surface area contributed by atoms with Gasteiger partial charge in [0.1, 0.15) is 0 Å². The van der Waals surface area contributed by atoms with Crippen molar-refractivity contribution in [3.05, 3.63) is 70.0 Å². The van der Waals surface area contributed by atoms with Crippen LogP contribution in [0.4, 0.5) is 11.4 Å². The molecule has 4 rings (SSSR count). The molecule has 0 atom stereocenters. The molecule has 4 N–H and O–H groups in total. The van der Waals surface area contributed by atoms with Crippen molar-refractivity contribution in [2.75, 3.05) is 5.73 Å². The van der Waals surface area contributed by atoms with E-state index in [1.54, 1.807) is 12.1 Å². The quantitative estimate of drug-likeness (QED) is 0.274. The summed E-state index contributed by atoms with van der Waals surface area (Å²) in [5.74, 6) is 0. The van der Waals surface area contributed by atoms with Crippen LogP contribution in [0.2, 0.25) is 0 Å². The van der Waals surface area contributed by atoms with Gasteiger partial charge >= 0.3 is 0 Å². The van der Waals surface area contributed by atoms with Crippen LogP contribution in [0.3, 0.4) is 0 Å². The standard InChI is InChI=1S/C9H8N2O2.C9H10N2/c1-6-5-10-9-4-7(11(12)13)2-3-8(6)9;1-6-5-11-9-4-7(10)2-3-8(6)9/h2-5,10H,1H3;2-5,11H,10H2,1H3. The lowest BCUT2D eigenvalue weighted by molar-refractivity contribution is -0.384. The predicted octanol–water partition coefficient (Wildman–Crippen LogP) is 4.44. The van der Waals surface area contributed by atoms with Gasteiger partial charge in [-0.1, -0.05) is 6.07 Å². The summed E-state index contributed by atoms with van der Waals surface area (Å²) >= 11 is 0. The molecule has 0 saturated heterocycles. The van der Waals surface area contributed by atoms with Crippen LogP contribution in [-0.4, -0.2) is 14.9 Å². The molecule has 6 nitrogen and oxygen atoms in total. The Morgan fingerprint density at radius 3 is 2.04 bits per heavy atom. The largest absolute Gasteiger partial charge is 0.399 e. The topological polar surface area (TPSA) is 101 Å². The number of aromatic amines is 2. The van der Waals surface area contributed by atoms with Crippen molar-refractivity contribution in [2.45, 2.75) is 13.8 Å². The Hall–Kier alpha value is -3.28. The molecular formula is C18H18N4O2. The van der Waals surface area contributed by atoms with Crippen molar-refractivity contribution in [1.82, 2.24) is 9.97 Å². The highest BCUT2D eigenvalue weighted by molar-refractivity contribution is 5.85. The number of nitro groups is 1. The maximum atomic E-state index is 10.4. The predicted molar refractivity (Wildman–Crippen MR) is 97.1 cm³/mol. The van der Waals surface area contributed by atoms with Crippen LogP contribution in [-0.2, 0) is 0 Å². The summed E-state index contributed by atoms with van der Waals surface area (Å²) in [5, 5.41) is 12.7. The van der Waals surface area contributed by atoms with E-state index in [0.29, 0.717) is 0 Å². The Kier molecular flexibility index (Phi) is 3.95. The van der Waals surface area contributed by atoms with Crippen LogP contribution in [0.5, 0.6) is 0 Å². The van der Waals surface area contributed by atoms with Crippen molar-refractivity contribution < 1.29 is 4.92 Å². The smallest absolute Gasteiger partial charge is 0.271 e. The van der Waals surface area contributed by atoms with E-state index in [1.165, 1.54) is 17.0 Å². The molecule has 0 fully saturated rings.